The summed E-state index contributed by atoms with van der Waals surface area (Å²) in [6.07, 6.45) is 0. The summed E-state index contributed by atoms with van der Waals surface area (Å²) in [5.41, 5.74) is 0. The van der Waals surface area contributed by atoms with E-state index in [-0.39, 0.29) is 10.8 Å². The lowest BCUT2D eigenvalue weighted by atomic mass is 10.7. The van der Waals surface area contributed by atoms with Gasteiger partial charge < -0.3 is 5.32 Å². The quantitative estimate of drug-likeness (QED) is 0.595. The normalized spacial score (nSPS) is 9.30. The van der Waals surface area contributed by atoms with Crippen LogP contribution in [0.1, 0.15) is 6.92 Å². The molecule has 2 N–H and O–H groups in total. The zero-order chi connectivity index (χ0) is 7.56. The number of H-pyrrole nitrogens is 1. The molecule has 5 nitrogen and oxygen atoms in total. The number of anilines is 1. The standard InChI is InChI=1S/C4H5N3O2S/c1-2(8)5-3-6-7-4(9)10-3/h1H3,(H,7,9)(H,5,6,8). The summed E-state index contributed by atoms with van der Waals surface area (Å²) in [7, 11) is 0. The van der Waals surface area contributed by atoms with E-state index in [2.05, 4.69) is 15.5 Å². The average Bonchev–Trinajstić information content (AvgIpc) is 2.13. The zero-order valence-electron chi connectivity index (χ0n) is 5.17. The Morgan fingerprint density at radius 3 is 2.90 bits per heavy atom. The van der Waals surface area contributed by atoms with Gasteiger partial charge in [0.05, 0.1) is 0 Å². The summed E-state index contributed by atoms with van der Waals surface area (Å²) in [6, 6.07) is 0. The monoisotopic (exact) mass is 159 g/mol. The number of rotatable bonds is 1. The van der Waals surface area contributed by atoms with Gasteiger partial charge in [0.15, 0.2) is 0 Å². The highest BCUT2D eigenvalue weighted by Crippen LogP contribution is 2.01. The van der Waals surface area contributed by atoms with Crippen LogP contribution < -0.4 is 10.2 Å². The summed E-state index contributed by atoms with van der Waals surface area (Å²) in [4.78, 5) is 20.5. The lowest BCUT2D eigenvalue weighted by molar-refractivity contribution is -0.114. The van der Waals surface area contributed by atoms with Crippen molar-refractivity contribution >= 4 is 22.4 Å². The van der Waals surface area contributed by atoms with Gasteiger partial charge in [0, 0.05) is 6.92 Å². The van der Waals surface area contributed by atoms with Crippen LogP contribution in [0.4, 0.5) is 5.13 Å². The van der Waals surface area contributed by atoms with E-state index in [9.17, 15) is 9.59 Å². The maximum Gasteiger partial charge on any atom is 0.324 e. The third-order valence-corrected chi connectivity index (χ3v) is 1.38. The van der Waals surface area contributed by atoms with Crippen molar-refractivity contribution in [3.05, 3.63) is 9.67 Å². The number of nitrogens with zero attached hydrogens (tertiary/aromatic N) is 1. The molecule has 0 unspecified atom stereocenters. The molecule has 1 aromatic rings. The second kappa shape index (κ2) is 2.61. The molecule has 0 radical (unpaired) electrons. The predicted molar refractivity (Wildman–Crippen MR) is 37.0 cm³/mol. The highest BCUT2D eigenvalue weighted by atomic mass is 32.1. The van der Waals surface area contributed by atoms with Crippen molar-refractivity contribution in [2.45, 2.75) is 6.92 Å². The van der Waals surface area contributed by atoms with E-state index in [1.54, 1.807) is 0 Å². The third-order valence-electron chi connectivity index (χ3n) is 0.721. The minimum atomic E-state index is -0.274. The van der Waals surface area contributed by atoms with Gasteiger partial charge in [-0.2, -0.15) is 0 Å². The maximum atomic E-state index is 10.4. The van der Waals surface area contributed by atoms with Crippen LogP contribution in [-0.2, 0) is 4.79 Å². The first-order valence-electron chi connectivity index (χ1n) is 2.51. The fourth-order valence-corrected chi connectivity index (χ4v) is 0.987. The van der Waals surface area contributed by atoms with Crippen LogP contribution in [0.2, 0.25) is 0 Å². The first-order valence-corrected chi connectivity index (χ1v) is 3.33. The first kappa shape index (κ1) is 6.94. The number of amides is 1. The number of aromatic amines is 1. The van der Waals surface area contributed by atoms with E-state index in [0.717, 1.165) is 11.3 Å². The van der Waals surface area contributed by atoms with E-state index in [1.807, 2.05) is 0 Å². The lowest BCUT2D eigenvalue weighted by Gasteiger charge is -1.89. The second-order valence-corrected chi connectivity index (χ2v) is 2.56. The second-order valence-electron chi connectivity index (χ2n) is 1.60. The van der Waals surface area contributed by atoms with Crippen molar-refractivity contribution in [1.82, 2.24) is 10.2 Å². The van der Waals surface area contributed by atoms with Gasteiger partial charge in [0.2, 0.25) is 11.0 Å². The van der Waals surface area contributed by atoms with Crippen molar-refractivity contribution in [2.24, 2.45) is 0 Å². The molecule has 0 atom stereocenters. The molecule has 0 fully saturated rings. The predicted octanol–water partition coefficient (Wildman–Crippen LogP) is -0.210. The van der Waals surface area contributed by atoms with Crippen molar-refractivity contribution in [1.29, 1.82) is 0 Å². The number of hydrogen-bond acceptors (Lipinski definition) is 4. The minimum absolute atomic E-state index is 0.234. The Morgan fingerprint density at radius 2 is 2.50 bits per heavy atom. The fraction of sp³-hybridized carbons (Fsp3) is 0.250. The Balaban J connectivity index is 2.76. The SMILES string of the molecule is CC(=O)Nc1n[nH]c(=O)s1. The van der Waals surface area contributed by atoms with Crippen LogP contribution in [0.3, 0.4) is 0 Å². The first-order chi connectivity index (χ1) is 4.68. The van der Waals surface area contributed by atoms with E-state index >= 15 is 0 Å². The molecule has 1 amide bonds. The average molecular weight is 159 g/mol. The van der Waals surface area contributed by atoms with Crippen molar-refractivity contribution in [3.8, 4) is 0 Å². The molecule has 6 heteroatoms. The lowest BCUT2D eigenvalue weighted by Crippen LogP contribution is -2.04. The number of hydrogen-bond donors (Lipinski definition) is 2. The minimum Gasteiger partial charge on any atom is -0.301 e. The highest BCUT2D eigenvalue weighted by molar-refractivity contribution is 7.13. The third kappa shape index (κ3) is 1.66. The van der Waals surface area contributed by atoms with Crippen LogP contribution in [0.5, 0.6) is 0 Å². The molecule has 54 valence electrons. The molecule has 0 bridgehead atoms. The molecule has 0 aliphatic heterocycles. The Morgan fingerprint density at radius 1 is 1.80 bits per heavy atom. The number of carbonyl (C=O) groups excluding carboxylic acids is 1. The molecule has 0 saturated heterocycles. The summed E-state index contributed by atoms with van der Waals surface area (Å²) >= 11 is 0.862. The van der Waals surface area contributed by atoms with Gasteiger partial charge in [-0.25, -0.2) is 5.10 Å². The van der Waals surface area contributed by atoms with Gasteiger partial charge in [0.25, 0.3) is 0 Å². The van der Waals surface area contributed by atoms with E-state index in [1.165, 1.54) is 6.92 Å². The molecule has 0 aliphatic rings. The van der Waals surface area contributed by atoms with Gasteiger partial charge in [-0.15, -0.1) is 5.10 Å². The van der Waals surface area contributed by atoms with Gasteiger partial charge in [-0.05, 0) is 11.3 Å². The van der Waals surface area contributed by atoms with E-state index in [4.69, 9.17) is 0 Å². The Hall–Kier alpha value is -1.17. The van der Waals surface area contributed by atoms with E-state index < -0.39 is 0 Å². The van der Waals surface area contributed by atoms with Gasteiger partial charge in [-0.1, -0.05) is 0 Å². The van der Waals surface area contributed by atoms with Gasteiger partial charge >= 0.3 is 4.87 Å². The molecular formula is C4H5N3O2S. The Kier molecular flexibility index (Phi) is 1.81. The topological polar surface area (TPSA) is 74.8 Å². The molecule has 10 heavy (non-hydrogen) atoms. The number of carbonyl (C=O) groups is 1. The van der Waals surface area contributed by atoms with E-state index in [0.29, 0.717) is 5.13 Å². The molecule has 0 aromatic carbocycles. The molecule has 0 spiro atoms. The molecule has 1 aromatic heterocycles. The fourth-order valence-electron chi connectivity index (χ4n) is 0.434. The Labute approximate surface area is 60.1 Å². The van der Waals surface area contributed by atoms with Crippen molar-refractivity contribution < 1.29 is 4.79 Å². The van der Waals surface area contributed by atoms with Crippen LogP contribution >= 0.6 is 11.3 Å². The summed E-state index contributed by atoms with van der Waals surface area (Å²) in [5.74, 6) is -0.234. The molecule has 1 heterocycles. The molecule has 1 rings (SSSR count). The van der Waals surface area contributed by atoms with Gasteiger partial charge in [-0.3, -0.25) is 9.59 Å². The highest BCUT2D eigenvalue weighted by Gasteiger charge is 1.98. The Bertz CT molecular complexity index is 289. The van der Waals surface area contributed by atoms with Crippen LogP contribution in [0.15, 0.2) is 4.79 Å². The largest absolute Gasteiger partial charge is 0.324 e. The maximum absolute atomic E-state index is 10.4. The van der Waals surface area contributed by atoms with Crippen LogP contribution in [0.25, 0.3) is 0 Å². The summed E-state index contributed by atoms with van der Waals surface area (Å²) in [6.45, 7) is 1.35. The summed E-state index contributed by atoms with van der Waals surface area (Å²) in [5, 5.41) is 8.34. The summed E-state index contributed by atoms with van der Waals surface area (Å²) < 4.78 is 0. The number of aromatic nitrogens is 2. The molecule has 0 aliphatic carbocycles. The van der Waals surface area contributed by atoms with Gasteiger partial charge in [0.1, 0.15) is 0 Å². The zero-order valence-corrected chi connectivity index (χ0v) is 5.99. The van der Waals surface area contributed by atoms with Crippen LogP contribution in [-0.4, -0.2) is 16.1 Å². The van der Waals surface area contributed by atoms with Crippen molar-refractivity contribution in [3.63, 3.8) is 0 Å². The molecule has 0 saturated carbocycles. The van der Waals surface area contributed by atoms with Crippen molar-refractivity contribution in [2.75, 3.05) is 5.32 Å². The smallest absolute Gasteiger partial charge is 0.301 e. The number of nitrogens with one attached hydrogen (secondary N) is 2. The van der Waals surface area contributed by atoms with Crippen LogP contribution in [0, 0.1) is 0 Å². The molecular weight excluding hydrogens is 154 g/mol.